The summed E-state index contributed by atoms with van der Waals surface area (Å²) in [4.78, 5) is 4.45. The van der Waals surface area contributed by atoms with Crippen molar-refractivity contribution in [1.29, 1.82) is 0 Å². The second-order valence-electron chi connectivity index (χ2n) is 5.15. The number of para-hydroxylation sites is 1. The van der Waals surface area contributed by atoms with Gasteiger partial charge in [0.15, 0.2) is 0 Å². The van der Waals surface area contributed by atoms with Crippen LogP contribution in [0.25, 0.3) is 10.9 Å². The zero-order valence-electron chi connectivity index (χ0n) is 11.9. The van der Waals surface area contributed by atoms with E-state index in [9.17, 15) is 4.39 Å². The standard InChI is InChI=1S/C18H17FN2/c1-13(14-7-9-17(19)10-8-14)21-12-16-5-2-4-15-6-3-11-20-18(15)16/h2-11,13,21H,12H2,1H3. The van der Waals surface area contributed by atoms with E-state index in [1.807, 2.05) is 30.5 Å². The Morgan fingerprint density at radius 3 is 2.62 bits per heavy atom. The summed E-state index contributed by atoms with van der Waals surface area (Å²) in [6.07, 6.45) is 1.81. The molecule has 0 fully saturated rings. The third-order valence-corrected chi connectivity index (χ3v) is 3.68. The number of nitrogens with zero attached hydrogens (tertiary/aromatic N) is 1. The SMILES string of the molecule is CC(NCc1cccc2cccnc12)c1ccc(F)cc1. The predicted molar refractivity (Wildman–Crippen MR) is 83.4 cm³/mol. The molecule has 0 saturated carbocycles. The van der Waals surface area contributed by atoms with Gasteiger partial charge >= 0.3 is 0 Å². The predicted octanol–water partition coefficient (Wildman–Crippen LogP) is 4.22. The minimum absolute atomic E-state index is 0.157. The molecule has 0 aliphatic heterocycles. The van der Waals surface area contributed by atoms with Crippen molar-refractivity contribution in [2.24, 2.45) is 0 Å². The molecule has 2 nitrogen and oxygen atoms in total. The zero-order chi connectivity index (χ0) is 14.7. The largest absolute Gasteiger partial charge is 0.306 e. The summed E-state index contributed by atoms with van der Waals surface area (Å²) in [6.45, 7) is 2.80. The number of hydrogen-bond donors (Lipinski definition) is 1. The number of rotatable bonds is 4. The molecule has 0 aliphatic rings. The first-order valence-electron chi connectivity index (χ1n) is 7.05. The van der Waals surface area contributed by atoms with Crippen LogP contribution < -0.4 is 5.32 Å². The molecule has 1 heterocycles. The summed E-state index contributed by atoms with van der Waals surface area (Å²) >= 11 is 0. The Balaban J connectivity index is 1.76. The molecule has 1 unspecified atom stereocenters. The summed E-state index contributed by atoms with van der Waals surface area (Å²) in [6, 6.07) is 17.0. The second-order valence-corrected chi connectivity index (χ2v) is 5.15. The van der Waals surface area contributed by atoms with Crippen LogP contribution in [0.1, 0.15) is 24.1 Å². The van der Waals surface area contributed by atoms with Gasteiger partial charge in [0.25, 0.3) is 0 Å². The van der Waals surface area contributed by atoms with Gasteiger partial charge in [-0.1, -0.05) is 36.4 Å². The quantitative estimate of drug-likeness (QED) is 0.773. The Hall–Kier alpha value is -2.26. The molecule has 0 spiro atoms. The van der Waals surface area contributed by atoms with Crippen molar-refractivity contribution in [2.45, 2.75) is 19.5 Å². The highest BCUT2D eigenvalue weighted by Crippen LogP contribution is 2.18. The van der Waals surface area contributed by atoms with Crippen LogP contribution in [0, 0.1) is 5.82 Å². The van der Waals surface area contributed by atoms with Gasteiger partial charge in [-0.2, -0.15) is 0 Å². The van der Waals surface area contributed by atoms with Crippen LogP contribution in [0.2, 0.25) is 0 Å². The van der Waals surface area contributed by atoms with Crippen LogP contribution in [-0.4, -0.2) is 4.98 Å². The van der Waals surface area contributed by atoms with Gasteiger partial charge in [0.1, 0.15) is 5.82 Å². The molecule has 1 aromatic heterocycles. The Labute approximate surface area is 123 Å². The van der Waals surface area contributed by atoms with E-state index in [0.29, 0.717) is 0 Å². The number of hydrogen-bond acceptors (Lipinski definition) is 2. The van der Waals surface area contributed by atoms with Gasteiger partial charge < -0.3 is 5.32 Å². The number of fused-ring (bicyclic) bond motifs is 1. The summed E-state index contributed by atoms with van der Waals surface area (Å²) in [7, 11) is 0. The Morgan fingerprint density at radius 1 is 1.05 bits per heavy atom. The highest BCUT2D eigenvalue weighted by Gasteiger charge is 2.07. The molecule has 3 rings (SSSR count). The van der Waals surface area contributed by atoms with Crippen molar-refractivity contribution in [1.82, 2.24) is 10.3 Å². The van der Waals surface area contributed by atoms with Crippen LogP contribution in [-0.2, 0) is 6.54 Å². The lowest BCUT2D eigenvalue weighted by atomic mass is 10.1. The summed E-state index contributed by atoms with van der Waals surface area (Å²) in [5.74, 6) is -0.204. The van der Waals surface area contributed by atoms with Crippen molar-refractivity contribution < 1.29 is 4.39 Å². The van der Waals surface area contributed by atoms with Gasteiger partial charge in [0.05, 0.1) is 5.52 Å². The molecule has 0 amide bonds. The maximum Gasteiger partial charge on any atom is 0.123 e. The fraction of sp³-hybridized carbons (Fsp3) is 0.167. The lowest BCUT2D eigenvalue weighted by Crippen LogP contribution is -2.18. The van der Waals surface area contributed by atoms with E-state index in [1.54, 1.807) is 0 Å². The van der Waals surface area contributed by atoms with E-state index in [1.165, 1.54) is 17.7 Å². The maximum absolute atomic E-state index is 12.9. The molecule has 106 valence electrons. The fourth-order valence-electron chi connectivity index (χ4n) is 2.44. The lowest BCUT2D eigenvalue weighted by molar-refractivity contribution is 0.572. The molecule has 2 aromatic carbocycles. The van der Waals surface area contributed by atoms with Crippen molar-refractivity contribution >= 4 is 10.9 Å². The lowest BCUT2D eigenvalue weighted by Gasteiger charge is -2.15. The van der Waals surface area contributed by atoms with Gasteiger partial charge in [-0.15, -0.1) is 0 Å². The zero-order valence-corrected chi connectivity index (χ0v) is 11.9. The molecular formula is C18H17FN2. The van der Waals surface area contributed by atoms with Crippen LogP contribution in [0.3, 0.4) is 0 Å². The minimum Gasteiger partial charge on any atom is -0.306 e. The van der Waals surface area contributed by atoms with Crippen LogP contribution >= 0.6 is 0 Å². The normalized spacial score (nSPS) is 12.5. The maximum atomic E-state index is 12.9. The average Bonchev–Trinajstić information content (AvgIpc) is 2.53. The van der Waals surface area contributed by atoms with E-state index >= 15 is 0 Å². The van der Waals surface area contributed by atoms with E-state index in [-0.39, 0.29) is 11.9 Å². The number of aromatic nitrogens is 1. The summed E-state index contributed by atoms with van der Waals surface area (Å²) < 4.78 is 12.9. The monoisotopic (exact) mass is 280 g/mol. The molecule has 0 saturated heterocycles. The first-order valence-corrected chi connectivity index (χ1v) is 7.05. The topological polar surface area (TPSA) is 24.9 Å². The van der Waals surface area contributed by atoms with E-state index in [0.717, 1.165) is 23.0 Å². The molecule has 3 heteroatoms. The van der Waals surface area contributed by atoms with E-state index < -0.39 is 0 Å². The molecule has 0 radical (unpaired) electrons. The van der Waals surface area contributed by atoms with Crippen molar-refractivity contribution in [3.05, 3.63) is 77.7 Å². The van der Waals surface area contributed by atoms with Gasteiger partial charge in [-0.05, 0) is 36.2 Å². The van der Waals surface area contributed by atoms with Crippen LogP contribution in [0.4, 0.5) is 4.39 Å². The molecule has 3 aromatic rings. The van der Waals surface area contributed by atoms with Crippen molar-refractivity contribution in [2.75, 3.05) is 0 Å². The molecular weight excluding hydrogens is 263 g/mol. The summed E-state index contributed by atoms with van der Waals surface area (Å²) in [5, 5.41) is 4.61. The molecule has 0 aliphatic carbocycles. The first kappa shape index (κ1) is 13.7. The number of pyridine rings is 1. The van der Waals surface area contributed by atoms with Gasteiger partial charge in [-0.3, -0.25) is 4.98 Å². The van der Waals surface area contributed by atoms with E-state index in [4.69, 9.17) is 0 Å². The van der Waals surface area contributed by atoms with Crippen molar-refractivity contribution in [3.63, 3.8) is 0 Å². The smallest absolute Gasteiger partial charge is 0.123 e. The number of nitrogens with one attached hydrogen (secondary N) is 1. The number of halogens is 1. The molecule has 1 N–H and O–H groups in total. The first-order chi connectivity index (χ1) is 10.2. The van der Waals surface area contributed by atoms with Crippen LogP contribution in [0.15, 0.2) is 60.8 Å². The second kappa shape index (κ2) is 6.02. The number of benzene rings is 2. The van der Waals surface area contributed by atoms with Gasteiger partial charge in [0, 0.05) is 24.2 Å². The Kier molecular flexibility index (Phi) is 3.93. The Morgan fingerprint density at radius 2 is 1.81 bits per heavy atom. The molecule has 0 bridgehead atoms. The van der Waals surface area contributed by atoms with Crippen LogP contribution in [0.5, 0.6) is 0 Å². The van der Waals surface area contributed by atoms with E-state index in [2.05, 4.69) is 35.4 Å². The third-order valence-electron chi connectivity index (χ3n) is 3.68. The average molecular weight is 280 g/mol. The molecule has 1 atom stereocenters. The van der Waals surface area contributed by atoms with Crippen molar-refractivity contribution in [3.8, 4) is 0 Å². The third kappa shape index (κ3) is 3.09. The van der Waals surface area contributed by atoms with Gasteiger partial charge in [-0.25, -0.2) is 4.39 Å². The fourth-order valence-corrected chi connectivity index (χ4v) is 2.44. The highest BCUT2D eigenvalue weighted by molar-refractivity contribution is 5.81. The minimum atomic E-state index is -0.204. The Bertz CT molecular complexity index is 732. The summed E-state index contributed by atoms with van der Waals surface area (Å²) in [5.41, 5.74) is 3.27. The van der Waals surface area contributed by atoms with Gasteiger partial charge in [0.2, 0.25) is 0 Å². The highest BCUT2D eigenvalue weighted by atomic mass is 19.1. The molecule has 21 heavy (non-hydrogen) atoms.